The van der Waals surface area contributed by atoms with E-state index in [0.717, 1.165) is 5.56 Å². The Morgan fingerprint density at radius 1 is 1.50 bits per heavy atom. The van der Waals surface area contributed by atoms with Gasteiger partial charge in [0.15, 0.2) is 0 Å². The quantitative estimate of drug-likeness (QED) is 0.905. The van der Waals surface area contributed by atoms with Crippen molar-refractivity contribution in [3.63, 3.8) is 0 Å². The third-order valence-electron chi connectivity index (χ3n) is 2.69. The number of hydrogen-bond acceptors (Lipinski definition) is 4. The Bertz CT molecular complexity index is 777. The number of aromatic nitrogens is 2. The predicted molar refractivity (Wildman–Crippen MR) is 74.9 cm³/mol. The minimum atomic E-state index is -3.91. The smallest absolute Gasteiger partial charge is 0.263 e. The van der Waals surface area contributed by atoms with Crippen molar-refractivity contribution in [3.05, 3.63) is 40.5 Å². The van der Waals surface area contributed by atoms with Crippen LogP contribution in [0.1, 0.15) is 18.1 Å². The topological polar surface area (TPSA) is 98.6 Å². The molecular formula is C12H11ClN4O2S. The van der Waals surface area contributed by atoms with Crippen molar-refractivity contribution in [2.45, 2.75) is 18.2 Å². The second kappa shape index (κ2) is 5.53. The van der Waals surface area contributed by atoms with E-state index in [2.05, 4.69) is 14.9 Å². The van der Waals surface area contributed by atoms with Gasteiger partial charge in [0, 0.05) is 10.6 Å². The zero-order chi connectivity index (χ0) is 14.8. The molecule has 0 aliphatic carbocycles. The first-order valence-corrected chi connectivity index (χ1v) is 7.58. The van der Waals surface area contributed by atoms with Crippen LogP contribution in [0, 0.1) is 11.3 Å². The minimum absolute atomic E-state index is 0.0273. The molecule has 0 radical (unpaired) electrons. The van der Waals surface area contributed by atoms with E-state index in [1.165, 1.54) is 18.2 Å². The van der Waals surface area contributed by atoms with Crippen LogP contribution in [0.4, 0.5) is 5.82 Å². The van der Waals surface area contributed by atoms with Gasteiger partial charge in [-0.05, 0) is 24.6 Å². The molecule has 0 aliphatic heterocycles. The molecule has 20 heavy (non-hydrogen) atoms. The van der Waals surface area contributed by atoms with Crippen molar-refractivity contribution in [2.75, 3.05) is 4.72 Å². The van der Waals surface area contributed by atoms with Crippen molar-refractivity contribution in [1.82, 2.24) is 10.2 Å². The number of H-pyrrole nitrogens is 1. The average Bonchev–Trinajstić information content (AvgIpc) is 2.85. The molecule has 0 fully saturated rings. The van der Waals surface area contributed by atoms with E-state index in [4.69, 9.17) is 16.9 Å². The summed E-state index contributed by atoms with van der Waals surface area (Å²) in [6, 6.07) is 5.90. The highest BCUT2D eigenvalue weighted by atomic mass is 35.5. The van der Waals surface area contributed by atoms with Crippen LogP contribution in [0.25, 0.3) is 0 Å². The number of nitrogens with one attached hydrogen (secondary N) is 2. The van der Waals surface area contributed by atoms with Gasteiger partial charge in [0.05, 0.1) is 11.8 Å². The minimum Gasteiger partial charge on any atom is -0.263 e. The first-order valence-electron chi connectivity index (χ1n) is 5.72. The van der Waals surface area contributed by atoms with Gasteiger partial charge in [-0.15, -0.1) is 0 Å². The van der Waals surface area contributed by atoms with Gasteiger partial charge in [-0.2, -0.15) is 10.4 Å². The van der Waals surface area contributed by atoms with Crippen molar-refractivity contribution >= 4 is 27.4 Å². The number of benzene rings is 1. The number of aryl methyl sites for hydroxylation is 1. The van der Waals surface area contributed by atoms with Gasteiger partial charge >= 0.3 is 0 Å². The standard InChI is InChI=1S/C12H11ClN4O2S/c1-2-8-7-15-16-12(8)17-20(18,19)11-5-10(13)4-3-9(11)6-14/h3-5,7H,2H2,1H3,(H2,15,16,17). The molecule has 0 aliphatic rings. The van der Waals surface area contributed by atoms with E-state index in [1.807, 2.05) is 13.0 Å². The Labute approximate surface area is 121 Å². The van der Waals surface area contributed by atoms with Gasteiger partial charge in [0.25, 0.3) is 10.0 Å². The highest BCUT2D eigenvalue weighted by molar-refractivity contribution is 7.92. The molecule has 1 heterocycles. The number of nitrogens with zero attached hydrogens (tertiary/aromatic N) is 2. The molecule has 104 valence electrons. The van der Waals surface area contributed by atoms with Crippen LogP contribution in [-0.4, -0.2) is 18.6 Å². The molecule has 2 N–H and O–H groups in total. The Morgan fingerprint density at radius 3 is 2.90 bits per heavy atom. The van der Waals surface area contributed by atoms with Gasteiger partial charge < -0.3 is 0 Å². The van der Waals surface area contributed by atoms with Crippen LogP contribution in [0.15, 0.2) is 29.3 Å². The number of sulfonamides is 1. The maximum atomic E-state index is 12.3. The molecule has 0 saturated carbocycles. The zero-order valence-corrected chi connectivity index (χ0v) is 12.1. The molecule has 2 rings (SSSR count). The summed E-state index contributed by atoms with van der Waals surface area (Å²) in [6.07, 6.45) is 2.16. The Hall–Kier alpha value is -2.04. The molecule has 6 nitrogen and oxygen atoms in total. The van der Waals surface area contributed by atoms with Gasteiger partial charge in [0.2, 0.25) is 0 Å². The van der Waals surface area contributed by atoms with Crippen molar-refractivity contribution in [2.24, 2.45) is 0 Å². The van der Waals surface area contributed by atoms with E-state index in [1.54, 1.807) is 6.20 Å². The van der Waals surface area contributed by atoms with Crippen LogP contribution in [0.3, 0.4) is 0 Å². The first-order chi connectivity index (χ1) is 9.47. The Kier molecular flexibility index (Phi) is 3.97. The lowest BCUT2D eigenvalue weighted by Crippen LogP contribution is -2.15. The van der Waals surface area contributed by atoms with E-state index >= 15 is 0 Å². The Morgan fingerprint density at radius 2 is 2.25 bits per heavy atom. The fourth-order valence-corrected chi connectivity index (χ4v) is 3.15. The number of halogens is 1. The lowest BCUT2D eigenvalue weighted by atomic mass is 10.2. The lowest BCUT2D eigenvalue weighted by molar-refractivity contribution is 0.600. The van der Waals surface area contributed by atoms with Crippen LogP contribution in [-0.2, 0) is 16.4 Å². The van der Waals surface area contributed by atoms with Crippen molar-refractivity contribution < 1.29 is 8.42 Å². The van der Waals surface area contributed by atoms with Crippen molar-refractivity contribution in [3.8, 4) is 6.07 Å². The zero-order valence-electron chi connectivity index (χ0n) is 10.5. The fourth-order valence-electron chi connectivity index (χ4n) is 1.67. The van der Waals surface area contributed by atoms with Crippen LogP contribution >= 0.6 is 11.6 Å². The van der Waals surface area contributed by atoms with E-state index in [9.17, 15) is 8.42 Å². The molecule has 0 unspecified atom stereocenters. The molecular weight excluding hydrogens is 300 g/mol. The number of rotatable bonds is 4. The van der Waals surface area contributed by atoms with Crippen LogP contribution in [0.2, 0.25) is 5.02 Å². The maximum Gasteiger partial charge on any atom is 0.264 e. The summed E-state index contributed by atoms with van der Waals surface area (Å²) >= 11 is 5.80. The summed E-state index contributed by atoms with van der Waals surface area (Å²) in [6.45, 7) is 1.88. The third kappa shape index (κ3) is 2.76. The molecule has 2 aromatic rings. The number of anilines is 1. The predicted octanol–water partition coefficient (Wildman–Crippen LogP) is 2.30. The number of aromatic amines is 1. The number of hydrogen-bond donors (Lipinski definition) is 2. The summed E-state index contributed by atoms with van der Waals surface area (Å²) in [5.41, 5.74) is 0.758. The van der Waals surface area contributed by atoms with Gasteiger partial charge in [-0.25, -0.2) is 8.42 Å². The van der Waals surface area contributed by atoms with Crippen molar-refractivity contribution in [1.29, 1.82) is 5.26 Å². The Balaban J connectivity index is 2.46. The average molecular weight is 311 g/mol. The van der Waals surface area contributed by atoms with Crippen LogP contribution < -0.4 is 4.72 Å². The second-order valence-electron chi connectivity index (χ2n) is 3.98. The third-order valence-corrected chi connectivity index (χ3v) is 4.31. The summed E-state index contributed by atoms with van der Waals surface area (Å²) in [7, 11) is -3.91. The summed E-state index contributed by atoms with van der Waals surface area (Å²) in [5.74, 6) is 0.288. The SMILES string of the molecule is CCc1cn[nH]c1NS(=O)(=O)c1cc(Cl)ccc1C#N. The molecule has 0 saturated heterocycles. The fraction of sp³-hybridized carbons (Fsp3) is 0.167. The second-order valence-corrected chi connectivity index (χ2v) is 6.07. The molecule has 1 aromatic heterocycles. The number of nitriles is 1. The largest absolute Gasteiger partial charge is 0.264 e. The monoisotopic (exact) mass is 310 g/mol. The van der Waals surface area contributed by atoms with Gasteiger partial charge in [-0.3, -0.25) is 9.82 Å². The van der Waals surface area contributed by atoms with E-state index < -0.39 is 10.0 Å². The van der Waals surface area contributed by atoms with E-state index in [-0.39, 0.29) is 21.3 Å². The molecule has 0 spiro atoms. The first kappa shape index (κ1) is 14.4. The summed E-state index contributed by atoms with van der Waals surface area (Å²) in [5, 5.41) is 15.6. The summed E-state index contributed by atoms with van der Waals surface area (Å²) in [4.78, 5) is -0.163. The normalized spacial score (nSPS) is 11.1. The van der Waals surface area contributed by atoms with Crippen LogP contribution in [0.5, 0.6) is 0 Å². The van der Waals surface area contributed by atoms with E-state index in [0.29, 0.717) is 6.42 Å². The maximum absolute atomic E-state index is 12.3. The molecule has 0 atom stereocenters. The summed E-state index contributed by atoms with van der Waals surface area (Å²) < 4.78 is 27.0. The molecule has 1 aromatic carbocycles. The molecule has 8 heteroatoms. The highest BCUT2D eigenvalue weighted by Crippen LogP contribution is 2.23. The highest BCUT2D eigenvalue weighted by Gasteiger charge is 2.21. The molecule has 0 bridgehead atoms. The lowest BCUT2D eigenvalue weighted by Gasteiger charge is -2.09. The van der Waals surface area contributed by atoms with Gasteiger partial charge in [0.1, 0.15) is 16.8 Å². The molecule has 0 amide bonds. The van der Waals surface area contributed by atoms with Gasteiger partial charge in [-0.1, -0.05) is 18.5 Å².